The number of carbonyl (C=O) groups is 2. The van der Waals surface area contributed by atoms with E-state index in [0.29, 0.717) is 28.5 Å². The van der Waals surface area contributed by atoms with Crippen LogP contribution in [0.25, 0.3) is 0 Å². The van der Waals surface area contributed by atoms with E-state index in [2.05, 4.69) is 5.32 Å². The molecular weight excluding hydrogens is 449 g/mol. The van der Waals surface area contributed by atoms with E-state index in [4.69, 9.17) is 9.47 Å². The molecule has 2 aliphatic rings. The van der Waals surface area contributed by atoms with Gasteiger partial charge in [0.1, 0.15) is 11.5 Å². The molecule has 4 rings (SSSR count). The third-order valence-corrected chi connectivity index (χ3v) is 6.10. The molecule has 2 aromatic rings. The van der Waals surface area contributed by atoms with Crippen molar-refractivity contribution >= 4 is 23.1 Å². The molecule has 1 N–H and O–H groups in total. The molecule has 1 atom stereocenters. The maximum absolute atomic E-state index is 13.9. The van der Waals surface area contributed by atoms with Crippen molar-refractivity contribution in [3.63, 3.8) is 0 Å². The molecular formula is C25H25F3N2O4. The molecule has 0 bridgehead atoms. The van der Waals surface area contributed by atoms with Crippen LogP contribution >= 0.6 is 0 Å². The van der Waals surface area contributed by atoms with Crippen LogP contribution in [0, 0.1) is 5.41 Å². The molecule has 9 heteroatoms. The number of methoxy groups -OCH3 is 2. The summed E-state index contributed by atoms with van der Waals surface area (Å²) in [5.41, 5.74) is 0.793. The van der Waals surface area contributed by atoms with Crippen LogP contribution in [0.3, 0.4) is 0 Å². The number of ether oxygens (including phenoxy) is 2. The van der Waals surface area contributed by atoms with Gasteiger partial charge in [-0.05, 0) is 36.1 Å². The van der Waals surface area contributed by atoms with Crippen molar-refractivity contribution in [3.05, 3.63) is 59.3 Å². The summed E-state index contributed by atoms with van der Waals surface area (Å²) < 4.78 is 52.5. The molecule has 1 heterocycles. The number of ketones is 1. The summed E-state index contributed by atoms with van der Waals surface area (Å²) in [5.74, 6) is -1.77. The summed E-state index contributed by atoms with van der Waals surface area (Å²) in [6.45, 7) is 3.85. The van der Waals surface area contributed by atoms with Crippen molar-refractivity contribution in [1.82, 2.24) is 0 Å². The number of Topliss-reactive ketones (excluding diaryl/α,β-unsaturated/α-hetero) is 1. The first-order valence-electron chi connectivity index (χ1n) is 10.7. The summed E-state index contributed by atoms with van der Waals surface area (Å²) >= 11 is 0. The molecule has 0 fully saturated rings. The van der Waals surface area contributed by atoms with Gasteiger partial charge in [-0.15, -0.1) is 0 Å². The zero-order valence-corrected chi connectivity index (χ0v) is 19.2. The fourth-order valence-corrected chi connectivity index (χ4v) is 4.69. The number of benzene rings is 2. The number of anilines is 2. The predicted octanol–water partition coefficient (Wildman–Crippen LogP) is 5.41. The molecule has 1 aliphatic carbocycles. The number of hydrogen-bond donors (Lipinski definition) is 1. The molecule has 0 saturated heterocycles. The largest absolute Gasteiger partial charge is 0.497 e. The van der Waals surface area contributed by atoms with Crippen molar-refractivity contribution in [1.29, 1.82) is 0 Å². The minimum Gasteiger partial charge on any atom is -0.497 e. The van der Waals surface area contributed by atoms with Crippen LogP contribution in [0.15, 0.2) is 53.7 Å². The molecule has 2 aromatic carbocycles. The number of amides is 1. The van der Waals surface area contributed by atoms with E-state index in [0.717, 1.165) is 0 Å². The van der Waals surface area contributed by atoms with E-state index in [1.165, 1.54) is 32.4 Å². The summed E-state index contributed by atoms with van der Waals surface area (Å²) in [4.78, 5) is 27.1. The number of carbonyl (C=O) groups excluding carboxylic acids is 2. The average Bonchev–Trinajstić information content (AvgIpc) is 2.90. The monoisotopic (exact) mass is 474 g/mol. The molecule has 6 nitrogen and oxygen atoms in total. The van der Waals surface area contributed by atoms with Gasteiger partial charge in [0.25, 0.3) is 0 Å². The molecule has 0 spiro atoms. The second-order valence-corrected chi connectivity index (χ2v) is 9.16. The lowest BCUT2D eigenvalue weighted by Crippen LogP contribution is -2.45. The lowest BCUT2D eigenvalue weighted by molar-refractivity contribution is -0.170. The molecule has 180 valence electrons. The first kappa shape index (κ1) is 23.7. The lowest BCUT2D eigenvalue weighted by Gasteiger charge is -2.37. The second kappa shape index (κ2) is 8.38. The van der Waals surface area contributed by atoms with Crippen molar-refractivity contribution in [2.75, 3.05) is 24.4 Å². The highest BCUT2D eigenvalue weighted by Gasteiger charge is 2.51. The summed E-state index contributed by atoms with van der Waals surface area (Å²) in [6.07, 6.45) is -4.62. The SMILES string of the molecule is COc1ccc([C@@H]2C3=C(CC(C)(C)CC3=O)Nc3ccccc3N2C(=O)C(F)(F)F)c(OC)c1. The molecule has 0 saturated carbocycles. The van der Waals surface area contributed by atoms with Crippen molar-refractivity contribution in [2.24, 2.45) is 5.41 Å². The first-order valence-corrected chi connectivity index (χ1v) is 10.7. The predicted molar refractivity (Wildman–Crippen MR) is 121 cm³/mol. The number of nitrogens with zero attached hydrogens (tertiary/aromatic N) is 1. The van der Waals surface area contributed by atoms with Crippen molar-refractivity contribution < 1.29 is 32.2 Å². The van der Waals surface area contributed by atoms with Gasteiger partial charge in [-0.25, -0.2) is 0 Å². The normalized spacial score (nSPS) is 19.6. The van der Waals surface area contributed by atoms with Gasteiger partial charge in [0.05, 0.1) is 31.6 Å². The number of halogens is 3. The van der Waals surface area contributed by atoms with Gasteiger partial charge in [0.2, 0.25) is 0 Å². The number of allylic oxidation sites excluding steroid dienone is 1. The zero-order valence-electron chi connectivity index (χ0n) is 19.2. The second-order valence-electron chi connectivity index (χ2n) is 9.16. The van der Waals surface area contributed by atoms with Crippen LogP contribution in [0.1, 0.15) is 38.3 Å². The van der Waals surface area contributed by atoms with Gasteiger partial charge < -0.3 is 14.8 Å². The minimum absolute atomic E-state index is 0.0210. The smallest absolute Gasteiger partial charge is 0.471 e. The van der Waals surface area contributed by atoms with Gasteiger partial charge in [0.15, 0.2) is 5.78 Å². The highest BCUT2D eigenvalue weighted by atomic mass is 19.4. The van der Waals surface area contributed by atoms with Gasteiger partial charge in [-0.1, -0.05) is 26.0 Å². The Bertz CT molecular complexity index is 1190. The summed E-state index contributed by atoms with van der Waals surface area (Å²) in [6, 6.07) is 9.50. The molecule has 1 amide bonds. The van der Waals surface area contributed by atoms with Crippen LogP contribution in [0.5, 0.6) is 11.5 Å². The van der Waals surface area contributed by atoms with E-state index in [-0.39, 0.29) is 34.8 Å². The van der Waals surface area contributed by atoms with Crippen LogP contribution in [0.4, 0.5) is 24.5 Å². The van der Waals surface area contributed by atoms with Crippen molar-refractivity contribution in [2.45, 2.75) is 38.9 Å². The molecule has 34 heavy (non-hydrogen) atoms. The number of rotatable bonds is 3. The fourth-order valence-electron chi connectivity index (χ4n) is 4.69. The Morgan fingerprint density at radius 3 is 2.44 bits per heavy atom. The molecule has 0 unspecified atom stereocenters. The van der Waals surface area contributed by atoms with E-state index < -0.39 is 23.5 Å². The average molecular weight is 474 g/mol. The Morgan fingerprint density at radius 2 is 1.79 bits per heavy atom. The van der Waals surface area contributed by atoms with Crippen molar-refractivity contribution in [3.8, 4) is 11.5 Å². The van der Waals surface area contributed by atoms with Gasteiger partial charge in [0, 0.05) is 29.3 Å². The molecule has 1 aliphatic heterocycles. The Kier molecular flexibility index (Phi) is 5.83. The first-order chi connectivity index (χ1) is 16.0. The standard InChI is InChI=1S/C25H25F3N2O4/c1-24(2)12-17-21(19(31)13-24)22(15-10-9-14(33-3)11-20(15)34-4)30(23(32)25(26,27)28)18-8-6-5-7-16(18)29-17/h5-11,22,29H,12-13H2,1-4H3/t22-/m1/s1. The Morgan fingerprint density at radius 1 is 1.09 bits per heavy atom. The Balaban J connectivity index is 2.07. The fraction of sp³-hybridized carbons (Fsp3) is 0.360. The molecule has 0 aromatic heterocycles. The van der Waals surface area contributed by atoms with E-state index in [1.807, 2.05) is 13.8 Å². The third-order valence-electron chi connectivity index (χ3n) is 6.10. The maximum Gasteiger partial charge on any atom is 0.471 e. The summed E-state index contributed by atoms with van der Waals surface area (Å²) in [5, 5.41) is 3.18. The summed E-state index contributed by atoms with van der Waals surface area (Å²) in [7, 11) is 2.82. The van der Waals surface area contributed by atoms with Crippen LogP contribution < -0.4 is 19.7 Å². The van der Waals surface area contributed by atoms with Gasteiger partial charge >= 0.3 is 12.1 Å². The maximum atomic E-state index is 13.9. The number of fused-ring (bicyclic) bond motifs is 1. The number of para-hydroxylation sites is 2. The third kappa shape index (κ3) is 4.10. The van der Waals surface area contributed by atoms with Crippen LogP contribution in [-0.2, 0) is 9.59 Å². The lowest BCUT2D eigenvalue weighted by atomic mass is 9.73. The van der Waals surface area contributed by atoms with E-state index in [9.17, 15) is 22.8 Å². The minimum atomic E-state index is -5.17. The Hall–Kier alpha value is -3.49. The van der Waals surface area contributed by atoms with E-state index in [1.54, 1.807) is 24.3 Å². The highest BCUT2D eigenvalue weighted by molar-refractivity contribution is 6.07. The van der Waals surface area contributed by atoms with Crippen LogP contribution in [0.2, 0.25) is 0 Å². The van der Waals surface area contributed by atoms with Crippen LogP contribution in [-0.4, -0.2) is 32.1 Å². The quantitative estimate of drug-likeness (QED) is 0.645. The molecule has 0 radical (unpaired) electrons. The number of hydrogen-bond acceptors (Lipinski definition) is 5. The number of alkyl halides is 3. The highest BCUT2D eigenvalue weighted by Crippen LogP contribution is 2.50. The van der Waals surface area contributed by atoms with Gasteiger partial charge in [-0.3, -0.25) is 14.5 Å². The zero-order chi connectivity index (χ0) is 24.8. The Labute approximate surface area is 195 Å². The topological polar surface area (TPSA) is 67.9 Å². The number of nitrogens with one attached hydrogen (secondary N) is 1. The van der Waals surface area contributed by atoms with Gasteiger partial charge in [-0.2, -0.15) is 13.2 Å². The van der Waals surface area contributed by atoms with E-state index >= 15 is 0 Å².